The number of aromatic nitrogens is 1. The third-order valence-corrected chi connectivity index (χ3v) is 6.75. The van der Waals surface area contributed by atoms with Gasteiger partial charge in [0.25, 0.3) is 17.5 Å². The maximum atomic E-state index is 13.4. The van der Waals surface area contributed by atoms with Crippen molar-refractivity contribution in [2.24, 2.45) is 0 Å². The van der Waals surface area contributed by atoms with Gasteiger partial charge in [-0.15, -0.1) is 0 Å². The normalized spacial score (nSPS) is 14.9. The number of halogens is 2. The smallest absolute Gasteiger partial charge is 0.271 e. The van der Waals surface area contributed by atoms with E-state index in [9.17, 15) is 19.7 Å². The van der Waals surface area contributed by atoms with Crippen molar-refractivity contribution in [1.82, 2.24) is 9.88 Å². The van der Waals surface area contributed by atoms with Crippen molar-refractivity contribution < 1.29 is 19.2 Å². The monoisotopic (exact) mass is 544 g/mol. The molecule has 0 bridgehead atoms. The average Bonchev–Trinajstić information content (AvgIpc) is 3.11. The zero-order chi connectivity index (χ0) is 26.3. The van der Waals surface area contributed by atoms with E-state index < -0.39 is 16.7 Å². The maximum Gasteiger partial charge on any atom is 0.271 e. The van der Waals surface area contributed by atoms with Crippen molar-refractivity contribution in [1.29, 1.82) is 0 Å². The highest BCUT2D eigenvalue weighted by molar-refractivity contribution is 7.80. The number of aryl methyl sites for hydroxylation is 1. The van der Waals surface area contributed by atoms with Gasteiger partial charge in [-0.2, -0.15) is 0 Å². The summed E-state index contributed by atoms with van der Waals surface area (Å²) in [5, 5.41) is 14.1. The van der Waals surface area contributed by atoms with Crippen molar-refractivity contribution in [3.63, 3.8) is 0 Å². The molecule has 1 saturated heterocycles. The Labute approximate surface area is 221 Å². The lowest BCUT2D eigenvalue weighted by Gasteiger charge is -2.29. The van der Waals surface area contributed by atoms with Gasteiger partial charge in [0.2, 0.25) is 0 Å². The number of carbonyl (C=O) groups excluding carboxylic acids is 2. The summed E-state index contributed by atoms with van der Waals surface area (Å²) in [6, 6.07) is 10.8. The Morgan fingerprint density at radius 3 is 2.50 bits per heavy atom. The van der Waals surface area contributed by atoms with E-state index in [1.165, 1.54) is 31.4 Å². The predicted octanol–water partition coefficient (Wildman–Crippen LogP) is 5.15. The first-order valence-corrected chi connectivity index (χ1v) is 11.6. The third kappa shape index (κ3) is 4.34. The van der Waals surface area contributed by atoms with E-state index in [-0.39, 0.29) is 32.1 Å². The lowest BCUT2D eigenvalue weighted by molar-refractivity contribution is -0.384. The van der Waals surface area contributed by atoms with Gasteiger partial charge < -0.3 is 9.30 Å². The zero-order valence-electron chi connectivity index (χ0n) is 19.2. The second kappa shape index (κ2) is 9.73. The van der Waals surface area contributed by atoms with E-state index in [1.807, 2.05) is 0 Å². The standard InChI is InChI=1S/C24H18Cl2N4O5S/c1-12-9-14(13(2)28(12)19-11-15(30(33)34)7-8-20(19)35-3)10-16-22(31)27-24(36)29(23(16)32)18-6-4-5-17(25)21(18)26/h4-11H,1-3H3,(H,27,31,36)/b16-10+. The molecule has 0 aliphatic carbocycles. The maximum absolute atomic E-state index is 13.4. The molecule has 9 nitrogen and oxygen atoms in total. The Hall–Kier alpha value is -3.73. The molecule has 2 heterocycles. The topological polar surface area (TPSA) is 107 Å². The molecule has 3 aromatic rings. The molecule has 1 fully saturated rings. The van der Waals surface area contributed by atoms with Gasteiger partial charge in [0.1, 0.15) is 11.3 Å². The Kier molecular flexibility index (Phi) is 6.85. The molecule has 0 unspecified atom stereocenters. The second-order valence-electron chi connectivity index (χ2n) is 7.81. The number of carbonyl (C=O) groups is 2. The summed E-state index contributed by atoms with van der Waals surface area (Å²) in [4.78, 5) is 38.1. The van der Waals surface area contributed by atoms with Crippen LogP contribution >= 0.6 is 35.4 Å². The number of amides is 2. The van der Waals surface area contributed by atoms with Gasteiger partial charge in [-0.1, -0.05) is 29.3 Å². The Balaban J connectivity index is 1.83. The number of nitrogens with zero attached hydrogens (tertiary/aromatic N) is 3. The van der Waals surface area contributed by atoms with Crippen LogP contribution in [0, 0.1) is 24.0 Å². The summed E-state index contributed by atoms with van der Waals surface area (Å²) in [6.45, 7) is 3.56. The van der Waals surface area contributed by atoms with Crippen LogP contribution in [0.15, 0.2) is 48.0 Å². The number of hydrogen-bond acceptors (Lipinski definition) is 6. The zero-order valence-corrected chi connectivity index (χ0v) is 21.5. The molecule has 2 amide bonds. The second-order valence-corrected chi connectivity index (χ2v) is 8.98. The highest BCUT2D eigenvalue weighted by Crippen LogP contribution is 2.35. The fraction of sp³-hybridized carbons (Fsp3) is 0.125. The number of rotatable bonds is 5. The van der Waals surface area contributed by atoms with E-state index in [0.29, 0.717) is 28.4 Å². The van der Waals surface area contributed by atoms with Crippen molar-refractivity contribution in [2.45, 2.75) is 13.8 Å². The number of nitro benzene ring substituents is 1. The number of ether oxygens (including phenoxy) is 1. The molecular formula is C24H18Cl2N4O5S. The molecule has 1 aliphatic rings. The summed E-state index contributed by atoms with van der Waals surface area (Å²) < 4.78 is 7.16. The number of methoxy groups -OCH3 is 1. The number of anilines is 1. The van der Waals surface area contributed by atoms with Crippen LogP contribution in [0.1, 0.15) is 17.0 Å². The lowest BCUT2D eigenvalue weighted by Crippen LogP contribution is -2.54. The lowest BCUT2D eigenvalue weighted by atomic mass is 10.1. The van der Waals surface area contributed by atoms with E-state index in [4.69, 9.17) is 40.2 Å². The Morgan fingerprint density at radius 1 is 1.11 bits per heavy atom. The average molecular weight is 545 g/mol. The third-order valence-electron chi connectivity index (χ3n) is 5.66. The molecule has 1 N–H and O–H groups in total. The first-order valence-electron chi connectivity index (χ1n) is 10.4. The molecule has 184 valence electrons. The molecule has 2 aromatic carbocycles. The first-order chi connectivity index (χ1) is 17.0. The number of nitro groups is 1. The van der Waals surface area contributed by atoms with E-state index in [0.717, 1.165) is 4.90 Å². The first kappa shape index (κ1) is 25.4. The van der Waals surface area contributed by atoms with Crippen molar-refractivity contribution in [3.8, 4) is 11.4 Å². The van der Waals surface area contributed by atoms with E-state index in [1.54, 1.807) is 42.7 Å². The molecule has 12 heteroatoms. The van der Waals surface area contributed by atoms with Crippen LogP contribution in [0.4, 0.5) is 11.4 Å². The summed E-state index contributed by atoms with van der Waals surface area (Å²) in [5.41, 5.74) is 2.26. The quantitative estimate of drug-likeness (QED) is 0.156. The van der Waals surface area contributed by atoms with Crippen molar-refractivity contribution >= 4 is 69.8 Å². The van der Waals surface area contributed by atoms with Crippen molar-refractivity contribution in [3.05, 3.63) is 85.1 Å². The fourth-order valence-corrected chi connectivity index (χ4v) is 4.62. The number of nitrogens with one attached hydrogen (secondary N) is 1. The summed E-state index contributed by atoms with van der Waals surface area (Å²) in [7, 11) is 1.46. The van der Waals surface area contributed by atoms with Crippen LogP contribution < -0.4 is 15.0 Å². The predicted molar refractivity (Wildman–Crippen MR) is 141 cm³/mol. The van der Waals surface area contributed by atoms with Crippen molar-refractivity contribution in [2.75, 3.05) is 12.0 Å². The summed E-state index contributed by atoms with van der Waals surface area (Å²) >= 11 is 17.6. The van der Waals surface area contributed by atoms with Gasteiger partial charge in [0.15, 0.2) is 5.11 Å². The molecule has 0 saturated carbocycles. The number of non-ortho nitro benzene ring substituents is 1. The molecule has 0 atom stereocenters. The highest BCUT2D eigenvalue weighted by Gasteiger charge is 2.36. The number of thiocarbonyl (C=S) groups is 1. The largest absolute Gasteiger partial charge is 0.495 e. The van der Waals surface area contributed by atoms with Gasteiger partial charge >= 0.3 is 0 Å². The van der Waals surface area contributed by atoms with Crippen LogP contribution in [0.3, 0.4) is 0 Å². The van der Waals surface area contributed by atoms with Crippen LogP contribution in [0.5, 0.6) is 5.75 Å². The highest BCUT2D eigenvalue weighted by atomic mass is 35.5. The minimum Gasteiger partial charge on any atom is -0.495 e. The van der Waals surface area contributed by atoms with E-state index in [2.05, 4.69) is 5.32 Å². The van der Waals surface area contributed by atoms with E-state index >= 15 is 0 Å². The minimum absolute atomic E-state index is 0.109. The fourth-order valence-electron chi connectivity index (χ4n) is 3.97. The van der Waals surface area contributed by atoms with Crippen LogP contribution in [0.2, 0.25) is 10.0 Å². The number of benzene rings is 2. The van der Waals surface area contributed by atoms with Gasteiger partial charge in [0, 0.05) is 23.5 Å². The molecule has 0 spiro atoms. The summed E-state index contributed by atoms with van der Waals surface area (Å²) in [5.74, 6) is -0.928. The van der Waals surface area contributed by atoms with Crippen LogP contribution in [0.25, 0.3) is 11.8 Å². The Bertz CT molecular complexity index is 1500. The summed E-state index contributed by atoms with van der Waals surface area (Å²) in [6.07, 6.45) is 1.44. The van der Waals surface area contributed by atoms with Crippen LogP contribution in [-0.2, 0) is 9.59 Å². The SMILES string of the molecule is COc1ccc([N+](=O)[O-])cc1-n1c(C)cc(/C=C2\C(=O)NC(=S)N(c3cccc(Cl)c3Cl)C2=O)c1C. The molecule has 0 radical (unpaired) electrons. The minimum atomic E-state index is -0.675. The van der Waals surface area contributed by atoms with Gasteiger partial charge in [-0.25, -0.2) is 0 Å². The molecule has 1 aromatic heterocycles. The van der Waals surface area contributed by atoms with Gasteiger partial charge in [-0.05, 0) is 62.0 Å². The Morgan fingerprint density at radius 2 is 1.83 bits per heavy atom. The van der Waals surface area contributed by atoms with Gasteiger partial charge in [0.05, 0.1) is 33.5 Å². The van der Waals surface area contributed by atoms with Gasteiger partial charge in [-0.3, -0.25) is 29.9 Å². The molecule has 36 heavy (non-hydrogen) atoms. The number of hydrogen-bond donors (Lipinski definition) is 1. The molecule has 1 aliphatic heterocycles. The van der Waals surface area contributed by atoms with Crippen LogP contribution in [-0.4, -0.2) is 33.5 Å². The molecular weight excluding hydrogens is 527 g/mol. The molecule has 4 rings (SSSR count).